The molecule has 126 valence electrons. The number of rotatable bonds is 7. The van der Waals surface area contributed by atoms with Crippen molar-refractivity contribution < 1.29 is 23.8 Å². The predicted octanol–water partition coefficient (Wildman–Crippen LogP) is 1.97. The Hall–Kier alpha value is -1.73. The van der Waals surface area contributed by atoms with Crippen molar-refractivity contribution in [2.45, 2.75) is 30.9 Å². The minimum absolute atomic E-state index is 0.175. The number of amides is 1. The second-order valence-electron chi connectivity index (χ2n) is 5.04. The number of cyclic esters (lactones) is 1. The first kappa shape index (κ1) is 17.6. The van der Waals surface area contributed by atoms with Crippen LogP contribution in [-0.2, 0) is 25.6 Å². The third kappa shape index (κ3) is 4.87. The smallest absolute Gasteiger partial charge is 0.407 e. The summed E-state index contributed by atoms with van der Waals surface area (Å²) in [6.07, 6.45) is -1.07. The number of benzene rings is 1. The van der Waals surface area contributed by atoms with E-state index in [2.05, 4.69) is 5.32 Å². The highest BCUT2D eigenvalue weighted by atomic mass is 32.2. The van der Waals surface area contributed by atoms with Crippen LogP contribution in [0.2, 0.25) is 0 Å². The van der Waals surface area contributed by atoms with Crippen LogP contribution in [0, 0.1) is 0 Å². The minimum atomic E-state index is -0.569. The standard InChI is InChI=1S/C16H21NO5S/c1-3-23-14-13(12(10-20-2)22-15(14)18)17-16(19)21-9-11-7-5-4-6-8-11/h4-8,12-14H,3,9-10H2,1-2H3,(H,17,19)/t12-,13+,14-/m1/s1. The van der Waals surface area contributed by atoms with Gasteiger partial charge >= 0.3 is 12.1 Å². The van der Waals surface area contributed by atoms with Crippen molar-refractivity contribution in [1.82, 2.24) is 5.32 Å². The van der Waals surface area contributed by atoms with Gasteiger partial charge < -0.3 is 19.5 Å². The Bertz CT molecular complexity index is 524. The third-order valence-corrected chi connectivity index (χ3v) is 4.58. The molecule has 3 atom stereocenters. The fraction of sp³-hybridized carbons (Fsp3) is 0.500. The number of alkyl carbamates (subject to hydrolysis) is 1. The second kappa shape index (κ2) is 8.79. The molecule has 2 rings (SSSR count). The summed E-state index contributed by atoms with van der Waals surface area (Å²) < 4.78 is 15.6. The van der Waals surface area contributed by atoms with E-state index in [-0.39, 0.29) is 19.2 Å². The molecule has 0 aliphatic carbocycles. The zero-order valence-corrected chi connectivity index (χ0v) is 14.0. The van der Waals surface area contributed by atoms with Crippen molar-refractivity contribution in [3.05, 3.63) is 35.9 Å². The van der Waals surface area contributed by atoms with Crippen LogP contribution in [0.1, 0.15) is 12.5 Å². The summed E-state index contributed by atoms with van der Waals surface area (Å²) in [4.78, 5) is 24.0. The molecule has 1 aliphatic heterocycles. The number of carbonyl (C=O) groups excluding carboxylic acids is 2. The summed E-state index contributed by atoms with van der Waals surface area (Å²) in [5.41, 5.74) is 0.898. The zero-order valence-electron chi connectivity index (χ0n) is 13.2. The molecule has 23 heavy (non-hydrogen) atoms. The summed E-state index contributed by atoms with van der Waals surface area (Å²) in [5.74, 6) is 0.420. The van der Waals surface area contributed by atoms with Gasteiger partial charge in [0.1, 0.15) is 18.0 Å². The third-order valence-electron chi connectivity index (χ3n) is 3.40. The molecule has 6 nitrogen and oxygen atoms in total. The molecule has 1 saturated heterocycles. The summed E-state index contributed by atoms with van der Waals surface area (Å²) >= 11 is 1.44. The van der Waals surface area contributed by atoms with Crippen LogP contribution in [0.4, 0.5) is 4.79 Å². The summed E-state index contributed by atoms with van der Waals surface area (Å²) in [6.45, 7) is 2.36. The molecule has 0 radical (unpaired) electrons. The van der Waals surface area contributed by atoms with Crippen LogP contribution in [0.3, 0.4) is 0 Å². The Morgan fingerprint density at radius 3 is 2.74 bits per heavy atom. The first-order valence-electron chi connectivity index (χ1n) is 7.44. The average Bonchev–Trinajstić information content (AvgIpc) is 2.83. The quantitative estimate of drug-likeness (QED) is 0.766. The van der Waals surface area contributed by atoms with Gasteiger partial charge in [-0.05, 0) is 11.3 Å². The topological polar surface area (TPSA) is 73.9 Å². The Morgan fingerprint density at radius 2 is 2.09 bits per heavy atom. The maximum absolute atomic E-state index is 12.0. The second-order valence-corrected chi connectivity index (χ2v) is 6.46. The van der Waals surface area contributed by atoms with Gasteiger partial charge in [-0.25, -0.2) is 4.79 Å². The SMILES string of the molecule is CCS[C@H]1C(=O)O[C@H](COC)[C@@H]1NC(=O)OCc1ccccc1. The van der Waals surface area contributed by atoms with Crippen molar-refractivity contribution >= 4 is 23.8 Å². The molecule has 0 spiro atoms. The van der Waals surface area contributed by atoms with Crippen LogP contribution in [-0.4, -0.2) is 48.9 Å². The fourth-order valence-electron chi connectivity index (χ4n) is 2.35. The van der Waals surface area contributed by atoms with Crippen LogP contribution < -0.4 is 5.32 Å². The van der Waals surface area contributed by atoms with Crippen molar-refractivity contribution in [2.24, 2.45) is 0 Å². The van der Waals surface area contributed by atoms with E-state index in [0.717, 1.165) is 11.3 Å². The number of ether oxygens (including phenoxy) is 3. The number of nitrogens with one attached hydrogen (secondary N) is 1. The maximum atomic E-state index is 12.0. The summed E-state index contributed by atoms with van der Waals surface area (Å²) in [5, 5.41) is 2.30. The molecule has 1 N–H and O–H groups in total. The monoisotopic (exact) mass is 339 g/mol. The largest absolute Gasteiger partial charge is 0.457 e. The van der Waals surface area contributed by atoms with Gasteiger partial charge in [0.05, 0.1) is 12.6 Å². The molecular weight excluding hydrogens is 318 g/mol. The lowest BCUT2D eigenvalue weighted by Gasteiger charge is -2.21. The Morgan fingerprint density at radius 1 is 1.35 bits per heavy atom. The Kier molecular flexibility index (Phi) is 6.73. The molecule has 1 heterocycles. The molecule has 0 aromatic heterocycles. The van der Waals surface area contributed by atoms with Crippen molar-refractivity contribution in [3.8, 4) is 0 Å². The lowest BCUT2D eigenvalue weighted by atomic mass is 10.1. The number of thioether (sulfide) groups is 1. The predicted molar refractivity (Wildman–Crippen MR) is 87.2 cm³/mol. The molecule has 1 fully saturated rings. The zero-order chi connectivity index (χ0) is 16.7. The van der Waals surface area contributed by atoms with Gasteiger partial charge in [-0.2, -0.15) is 0 Å². The fourth-order valence-corrected chi connectivity index (χ4v) is 3.36. The van der Waals surface area contributed by atoms with Gasteiger partial charge in [-0.15, -0.1) is 11.8 Å². The first-order chi connectivity index (χ1) is 11.2. The van der Waals surface area contributed by atoms with Crippen LogP contribution >= 0.6 is 11.8 Å². The van der Waals surface area contributed by atoms with Gasteiger partial charge in [-0.3, -0.25) is 4.79 Å². The first-order valence-corrected chi connectivity index (χ1v) is 8.48. The molecule has 1 aromatic carbocycles. The Balaban J connectivity index is 1.93. The summed E-state index contributed by atoms with van der Waals surface area (Å²) in [6, 6.07) is 8.94. The van der Waals surface area contributed by atoms with Gasteiger partial charge in [0.15, 0.2) is 0 Å². The highest BCUT2D eigenvalue weighted by molar-refractivity contribution is 8.00. The van der Waals surface area contributed by atoms with Gasteiger partial charge in [0, 0.05) is 7.11 Å². The van der Waals surface area contributed by atoms with E-state index in [1.807, 2.05) is 37.3 Å². The molecule has 0 unspecified atom stereocenters. The molecule has 1 amide bonds. The highest BCUT2D eigenvalue weighted by Gasteiger charge is 2.45. The van der Waals surface area contributed by atoms with Gasteiger partial charge in [0.25, 0.3) is 0 Å². The minimum Gasteiger partial charge on any atom is -0.457 e. The van der Waals surface area contributed by atoms with Crippen LogP contribution in [0.15, 0.2) is 30.3 Å². The van der Waals surface area contributed by atoms with Crippen LogP contribution in [0.25, 0.3) is 0 Å². The molecule has 0 saturated carbocycles. The number of methoxy groups -OCH3 is 1. The lowest BCUT2D eigenvalue weighted by molar-refractivity contribution is -0.142. The van der Waals surface area contributed by atoms with E-state index in [1.54, 1.807) is 0 Å². The van der Waals surface area contributed by atoms with Crippen molar-refractivity contribution in [2.75, 3.05) is 19.5 Å². The van der Waals surface area contributed by atoms with Crippen molar-refractivity contribution in [1.29, 1.82) is 0 Å². The highest BCUT2D eigenvalue weighted by Crippen LogP contribution is 2.27. The van der Waals surface area contributed by atoms with E-state index in [9.17, 15) is 9.59 Å². The lowest BCUT2D eigenvalue weighted by Crippen LogP contribution is -2.47. The van der Waals surface area contributed by atoms with E-state index in [4.69, 9.17) is 14.2 Å². The molecule has 7 heteroatoms. The van der Waals surface area contributed by atoms with E-state index >= 15 is 0 Å². The molecule has 0 bridgehead atoms. The average molecular weight is 339 g/mol. The number of esters is 1. The number of hydrogen-bond donors (Lipinski definition) is 1. The Labute approximate surface area is 139 Å². The van der Waals surface area contributed by atoms with Crippen LogP contribution in [0.5, 0.6) is 0 Å². The normalized spacial score (nSPS) is 23.4. The molecule has 1 aromatic rings. The molecular formula is C16H21NO5S. The number of carbonyl (C=O) groups is 2. The van der Waals surface area contributed by atoms with Gasteiger partial charge in [-0.1, -0.05) is 37.3 Å². The van der Waals surface area contributed by atoms with Gasteiger partial charge in [0.2, 0.25) is 0 Å². The summed E-state index contributed by atoms with van der Waals surface area (Å²) in [7, 11) is 1.53. The van der Waals surface area contributed by atoms with E-state index in [0.29, 0.717) is 0 Å². The maximum Gasteiger partial charge on any atom is 0.407 e. The molecule has 1 aliphatic rings. The van der Waals surface area contributed by atoms with Crippen molar-refractivity contribution in [3.63, 3.8) is 0 Å². The van der Waals surface area contributed by atoms with E-state index in [1.165, 1.54) is 18.9 Å². The van der Waals surface area contributed by atoms with E-state index < -0.39 is 23.5 Å². The number of hydrogen-bond acceptors (Lipinski definition) is 6.